The van der Waals surface area contributed by atoms with Crippen LogP contribution in [0.15, 0.2) is 96.3 Å². The molecule has 1 aliphatic rings. The molecule has 1 aliphatic heterocycles. The van der Waals surface area contributed by atoms with Crippen molar-refractivity contribution >= 4 is 27.8 Å². The number of methoxy groups -OCH3 is 2. The number of aromatic nitrogens is 4. The number of aliphatic hydroxyl groups is 1. The Bertz CT molecular complexity index is 2180. The lowest BCUT2D eigenvalue weighted by Crippen LogP contribution is -2.50. The first-order valence-corrected chi connectivity index (χ1v) is 26.1. The molecule has 12 nitrogen and oxygen atoms in total. The monoisotopic (exact) mass is 842 g/mol. The number of nitrogens with zero attached hydrogens (tertiary/aromatic N) is 4. The summed E-state index contributed by atoms with van der Waals surface area (Å²) in [5, 5.41) is 12.2. The number of ether oxygens (including phenoxy) is 4. The third kappa shape index (κ3) is 8.85. The van der Waals surface area contributed by atoms with E-state index < -0.39 is 46.8 Å². The number of hydrogen-bond acceptors (Lipinski definition) is 10. The second kappa shape index (κ2) is 17.1. The molecular weight excluding hydrogens is 781 g/mol. The summed E-state index contributed by atoms with van der Waals surface area (Å²) in [7, 11) is -1.22. The molecule has 0 aliphatic carbocycles. The average molecular weight is 843 g/mol. The van der Waals surface area contributed by atoms with Crippen molar-refractivity contribution in [1.29, 1.82) is 0 Å². The molecule has 0 bridgehead atoms. The summed E-state index contributed by atoms with van der Waals surface area (Å²) in [5.74, 6) is 1.43. The van der Waals surface area contributed by atoms with Crippen LogP contribution >= 0.6 is 0 Å². The molecule has 5 aromatic rings. The van der Waals surface area contributed by atoms with Gasteiger partial charge in [0.2, 0.25) is 0 Å². The minimum Gasteiger partial charge on any atom is -0.497 e. The summed E-state index contributed by atoms with van der Waals surface area (Å²) in [6.45, 7) is 22.5. The highest BCUT2D eigenvalue weighted by atomic mass is 28.4. The van der Waals surface area contributed by atoms with Gasteiger partial charge in [0.25, 0.3) is 5.56 Å². The van der Waals surface area contributed by atoms with Crippen molar-refractivity contribution in [2.75, 3.05) is 27.4 Å². The molecule has 3 aromatic carbocycles. The zero-order valence-corrected chi connectivity index (χ0v) is 38.7. The normalized spacial score (nSPS) is 19.3. The van der Waals surface area contributed by atoms with Crippen LogP contribution < -0.4 is 15.0 Å². The number of fused-ring (bicyclic) bond motifs is 1. The Morgan fingerprint density at radius 2 is 1.29 bits per heavy atom. The Kier molecular flexibility index (Phi) is 12.8. The van der Waals surface area contributed by atoms with Gasteiger partial charge in [0.05, 0.1) is 33.8 Å². The molecule has 0 spiro atoms. The molecule has 3 heterocycles. The SMILES string of the molecule is COc1ccc(C(OC[C@H]2O[C@@H](n3cnc4c(=O)n(CCO[Si](C)(C)C(C)(C)C)cnc43)[C@H](O)[C@@H]2O[Si](C)(C)C(C)(C)C)(c2ccccc2)c2ccc(OC)cc2)cc1. The fourth-order valence-corrected chi connectivity index (χ4v) is 9.29. The predicted molar refractivity (Wildman–Crippen MR) is 235 cm³/mol. The van der Waals surface area contributed by atoms with Gasteiger partial charge in [0, 0.05) is 6.54 Å². The van der Waals surface area contributed by atoms with Gasteiger partial charge in [-0.1, -0.05) is 96.1 Å². The third-order valence-corrected chi connectivity index (χ3v) is 21.6. The van der Waals surface area contributed by atoms with Gasteiger partial charge in [-0.25, -0.2) is 9.97 Å². The zero-order chi connectivity index (χ0) is 43.0. The van der Waals surface area contributed by atoms with Gasteiger partial charge < -0.3 is 32.9 Å². The highest BCUT2D eigenvalue weighted by Gasteiger charge is 2.52. The summed E-state index contributed by atoms with van der Waals surface area (Å²) in [6, 6.07) is 25.7. The summed E-state index contributed by atoms with van der Waals surface area (Å²) >= 11 is 0. The Morgan fingerprint density at radius 3 is 1.81 bits per heavy atom. The second-order valence-electron chi connectivity index (χ2n) is 18.4. The predicted octanol–water partition coefficient (Wildman–Crippen LogP) is 8.29. The first kappa shape index (κ1) is 44.4. The van der Waals surface area contributed by atoms with Crippen molar-refractivity contribution in [3.05, 3.63) is 119 Å². The summed E-state index contributed by atoms with van der Waals surface area (Å²) in [6.07, 6.45) is -0.618. The number of aliphatic hydroxyl groups excluding tert-OH is 1. The Balaban J connectivity index is 1.38. The van der Waals surface area contributed by atoms with Gasteiger partial charge in [-0.15, -0.1) is 0 Å². The molecule has 1 saturated heterocycles. The van der Waals surface area contributed by atoms with Crippen molar-refractivity contribution in [3.8, 4) is 11.5 Å². The number of hydrogen-bond donors (Lipinski definition) is 1. The molecule has 2 aromatic heterocycles. The van der Waals surface area contributed by atoms with Gasteiger partial charge >= 0.3 is 0 Å². The fraction of sp³-hybridized carbons (Fsp3) is 0.489. The molecule has 14 heteroatoms. The van der Waals surface area contributed by atoms with Crippen LogP contribution in [0.5, 0.6) is 11.5 Å². The zero-order valence-electron chi connectivity index (χ0n) is 36.7. The van der Waals surface area contributed by atoms with Crippen LogP contribution in [0.4, 0.5) is 0 Å². The lowest BCUT2D eigenvalue weighted by molar-refractivity contribution is -0.0930. The van der Waals surface area contributed by atoms with E-state index in [1.807, 2.05) is 78.9 Å². The van der Waals surface area contributed by atoms with E-state index in [2.05, 4.69) is 77.7 Å². The van der Waals surface area contributed by atoms with E-state index in [1.54, 1.807) is 18.8 Å². The van der Waals surface area contributed by atoms with Gasteiger partial charge in [0.15, 0.2) is 34.0 Å². The molecule has 1 N–H and O–H groups in total. The summed E-state index contributed by atoms with van der Waals surface area (Å²) in [5.41, 5.74) is 1.69. The molecule has 0 radical (unpaired) electrons. The molecule has 0 saturated carbocycles. The highest BCUT2D eigenvalue weighted by Crippen LogP contribution is 2.45. The van der Waals surface area contributed by atoms with E-state index in [0.717, 1.165) is 16.7 Å². The third-order valence-electron chi connectivity index (χ3n) is 12.6. The lowest BCUT2D eigenvalue weighted by Gasteiger charge is -2.41. The van der Waals surface area contributed by atoms with E-state index in [-0.39, 0.29) is 27.8 Å². The van der Waals surface area contributed by atoms with Crippen LogP contribution in [0.1, 0.15) is 64.5 Å². The maximum atomic E-state index is 13.8. The molecule has 59 heavy (non-hydrogen) atoms. The quantitative estimate of drug-likeness (QED) is 0.0813. The molecule has 318 valence electrons. The average Bonchev–Trinajstić information content (AvgIpc) is 3.76. The topological polar surface area (TPSA) is 128 Å². The van der Waals surface area contributed by atoms with Gasteiger partial charge in [-0.2, -0.15) is 0 Å². The van der Waals surface area contributed by atoms with Crippen LogP contribution in [0.2, 0.25) is 36.3 Å². The minimum atomic E-state index is -2.49. The van der Waals surface area contributed by atoms with Crippen LogP contribution in [0.25, 0.3) is 11.2 Å². The van der Waals surface area contributed by atoms with Crippen LogP contribution in [-0.4, -0.2) is 86.6 Å². The molecule has 0 unspecified atom stereocenters. The van der Waals surface area contributed by atoms with E-state index in [4.69, 9.17) is 27.8 Å². The highest BCUT2D eigenvalue weighted by molar-refractivity contribution is 6.74. The largest absolute Gasteiger partial charge is 0.497 e. The minimum absolute atomic E-state index is 0.0287. The fourth-order valence-electron chi connectivity index (χ4n) is 6.93. The van der Waals surface area contributed by atoms with Crippen LogP contribution in [0.3, 0.4) is 0 Å². The number of benzene rings is 3. The first-order chi connectivity index (χ1) is 27.7. The van der Waals surface area contributed by atoms with Crippen molar-refractivity contribution in [2.24, 2.45) is 0 Å². The molecular formula is C45H62N4O8Si2. The lowest BCUT2D eigenvalue weighted by atomic mass is 9.80. The summed E-state index contributed by atoms with van der Waals surface area (Å²) < 4.78 is 41.7. The van der Waals surface area contributed by atoms with E-state index in [9.17, 15) is 9.90 Å². The maximum absolute atomic E-state index is 13.8. The van der Waals surface area contributed by atoms with Crippen LogP contribution in [0, 0.1) is 0 Å². The standard InChI is InChI=1S/C45H62N4O8Si2/c1-43(2,3)58(9,10)55-27-26-48-29-47-40-37(41(48)51)46-30-49(40)42-38(50)39(57-59(11,12)44(4,5)6)36(56-42)28-54-45(31-16-14-13-15-17-31,32-18-22-34(52-7)23-19-32)33-20-24-35(53-8)25-21-33/h13-25,29-30,36,38-39,42,50H,26-28H2,1-12H3/t36-,38-,39-,42-/m1/s1. The molecule has 1 fully saturated rings. The Labute approximate surface area is 350 Å². The van der Waals surface area contributed by atoms with Gasteiger partial charge in [-0.3, -0.25) is 13.9 Å². The molecule has 6 rings (SSSR count). The van der Waals surface area contributed by atoms with E-state index in [1.165, 1.54) is 17.2 Å². The van der Waals surface area contributed by atoms with Gasteiger partial charge in [-0.05, 0) is 77.2 Å². The smallest absolute Gasteiger partial charge is 0.281 e. The van der Waals surface area contributed by atoms with Crippen molar-refractivity contribution in [1.82, 2.24) is 19.1 Å². The van der Waals surface area contributed by atoms with E-state index >= 15 is 0 Å². The van der Waals surface area contributed by atoms with Crippen LogP contribution in [-0.2, 0) is 30.5 Å². The Hall–Kier alpha value is -4.16. The van der Waals surface area contributed by atoms with Crippen molar-refractivity contribution < 1.29 is 32.9 Å². The van der Waals surface area contributed by atoms with Gasteiger partial charge in [0.1, 0.15) is 41.7 Å². The second-order valence-corrected chi connectivity index (χ2v) is 28.0. The Morgan fingerprint density at radius 1 is 0.746 bits per heavy atom. The number of rotatable bonds is 15. The molecule has 4 atom stereocenters. The van der Waals surface area contributed by atoms with Crippen molar-refractivity contribution in [2.45, 2.75) is 114 Å². The first-order valence-electron chi connectivity index (χ1n) is 20.3. The number of imidazole rings is 1. The maximum Gasteiger partial charge on any atom is 0.281 e. The van der Waals surface area contributed by atoms with Crippen molar-refractivity contribution in [3.63, 3.8) is 0 Å². The molecule has 0 amide bonds. The van der Waals surface area contributed by atoms with E-state index in [0.29, 0.717) is 30.3 Å². The summed E-state index contributed by atoms with van der Waals surface area (Å²) in [4.78, 5) is 23.0.